The third-order valence-electron chi connectivity index (χ3n) is 0.830. The maximum atomic E-state index is 8.85. The number of aliphatic hydroxyl groups excluding tert-OH is 1. The first-order valence-corrected chi connectivity index (χ1v) is 2.62. The molecule has 0 heterocycles. The molecule has 1 nitrogen and oxygen atoms in total. The van der Waals surface area contributed by atoms with Crippen molar-refractivity contribution in [2.45, 2.75) is 19.4 Å². The molecule has 0 aliphatic heterocycles. The Bertz CT molecular complexity index is 94.6. The summed E-state index contributed by atoms with van der Waals surface area (Å²) in [5.41, 5.74) is 0.984. The Morgan fingerprint density at radius 3 is 2.50 bits per heavy atom. The molecule has 8 heavy (non-hydrogen) atoms. The number of hydrogen-bond donors (Lipinski definition) is 1. The van der Waals surface area contributed by atoms with E-state index in [0.29, 0.717) is 6.42 Å². The van der Waals surface area contributed by atoms with Crippen molar-refractivity contribution < 1.29 is 5.11 Å². The Hall–Kier alpha value is -0.560. The van der Waals surface area contributed by atoms with Crippen LogP contribution in [0.15, 0.2) is 24.8 Å². The second kappa shape index (κ2) is 3.44. The zero-order chi connectivity index (χ0) is 6.57. The molecule has 0 fully saturated rings. The molecule has 1 heteroatoms. The Balaban J connectivity index is 3.38. The van der Waals surface area contributed by atoms with Gasteiger partial charge in [-0.25, -0.2) is 0 Å². The lowest BCUT2D eigenvalue weighted by Crippen LogP contribution is -2.00. The van der Waals surface area contributed by atoms with Crippen LogP contribution in [0.3, 0.4) is 0 Å². The normalized spacial score (nSPS) is 12.8. The predicted octanol–water partition coefficient (Wildman–Crippen LogP) is 1.50. The Labute approximate surface area is 50.3 Å². The van der Waals surface area contributed by atoms with E-state index in [-0.39, 0.29) is 0 Å². The highest BCUT2D eigenvalue weighted by atomic mass is 16.3. The van der Waals surface area contributed by atoms with E-state index in [1.54, 1.807) is 0 Å². The van der Waals surface area contributed by atoms with Gasteiger partial charge in [0.2, 0.25) is 0 Å². The molecule has 1 unspecified atom stereocenters. The van der Waals surface area contributed by atoms with Crippen LogP contribution in [0.5, 0.6) is 0 Å². The quantitative estimate of drug-likeness (QED) is 0.548. The highest BCUT2D eigenvalue weighted by Gasteiger charge is 1.94. The van der Waals surface area contributed by atoms with Gasteiger partial charge in [0.15, 0.2) is 0 Å². The zero-order valence-electron chi connectivity index (χ0n) is 5.22. The molecule has 0 saturated heterocycles. The first-order chi connectivity index (χ1) is 3.66. The Morgan fingerprint density at radius 1 is 1.88 bits per heavy atom. The molecule has 0 aliphatic rings. The molecule has 1 atom stereocenters. The maximum Gasteiger partial charge on any atom is 0.0755 e. The molecule has 0 aromatic rings. The van der Waals surface area contributed by atoms with Crippen LogP contribution in [-0.2, 0) is 0 Å². The topological polar surface area (TPSA) is 20.2 Å². The van der Waals surface area contributed by atoms with E-state index in [9.17, 15) is 0 Å². The summed E-state index contributed by atoms with van der Waals surface area (Å²) >= 11 is 0. The summed E-state index contributed by atoms with van der Waals surface area (Å²) in [5, 5.41) is 8.85. The summed E-state index contributed by atoms with van der Waals surface area (Å²) in [5.74, 6) is 0. The van der Waals surface area contributed by atoms with Crippen molar-refractivity contribution in [2.24, 2.45) is 0 Å². The molecule has 0 rings (SSSR count). The minimum absolute atomic E-state index is 0.410. The smallest absolute Gasteiger partial charge is 0.0755 e. The molecule has 0 saturated carbocycles. The largest absolute Gasteiger partial charge is 0.389 e. The van der Waals surface area contributed by atoms with Crippen LogP contribution in [-0.4, -0.2) is 11.2 Å². The monoisotopic (exact) mass is 112 g/mol. The minimum Gasteiger partial charge on any atom is -0.389 e. The van der Waals surface area contributed by atoms with Crippen LogP contribution < -0.4 is 0 Å². The summed E-state index contributed by atoms with van der Waals surface area (Å²) in [6, 6.07) is 0. The van der Waals surface area contributed by atoms with Gasteiger partial charge in [-0.05, 0) is 13.3 Å². The lowest BCUT2D eigenvalue weighted by Gasteiger charge is -2.01. The van der Waals surface area contributed by atoms with Crippen molar-refractivity contribution in [3.63, 3.8) is 0 Å². The fourth-order valence-corrected chi connectivity index (χ4v) is 0.440. The van der Waals surface area contributed by atoms with E-state index in [0.717, 1.165) is 5.57 Å². The third-order valence-corrected chi connectivity index (χ3v) is 0.830. The average molecular weight is 112 g/mol. The molecule has 0 aliphatic carbocycles. The fraction of sp³-hybridized carbons (Fsp3) is 0.429. The Morgan fingerprint density at radius 2 is 2.38 bits per heavy atom. The molecule has 0 aromatic carbocycles. The number of rotatable bonds is 3. The van der Waals surface area contributed by atoms with E-state index in [1.165, 1.54) is 6.08 Å². The van der Waals surface area contributed by atoms with Crippen molar-refractivity contribution in [3.05, 3.63) is 24.8 Å². The van der Waals surface area contributed by atoms with Gasteiger partial charge in [-0.2, -0.15) is 0 Å². The predicted molar refractivity (Wildman–Crippen MR) is 35.6 cm³/mol. The van der Waals surface area contributed by atoms with Gasteiger partial charge in [-0.3, -0.25) is 0 Å². The highest BCUT2D eigenvalue weighted by molar-refractivity contribution is 4.95. The van der Waals surface area contributed by atoms with Crippen molar-refractivity contribution in [1.29, 1.82) is 0 Å². The summed E-state index contributed by atoms with van der Waals surface area (Å²) in [6.45, 7) is 8.94. The van der Waals surface area contributed by atoms with Gasteiger partial charge in [0.05, 0.1) is 6.10 Å². The summed E-state index contributed by atoms with van der Waals surface area (Å²) < 4.78 is 0. The lowest BCUT2D eigenvalue weighted by atomic mass is 10.1. The van der Waals surface area contributed by atoms with Crippen LogP contribution in [0.4, 0.5) is 0 Å². The summed E-state index contributed by atoms with van der Waals surface area (Å²) in [6.07, 6.45) is 1.73. The number of hydrogen-bond acceptors (Lipinski definition) is 1. The summed E-state index contributed by atoms with van der Waals surface area (Å²) in [7, 11) is 0. The SMILES string of the molecule is C=CC(O)CC(=C)C. The molecule has 0 aromatic heterocycles. The second-order valence-corrected chi connectivity index (χ2v) is 1.96. The molecular formula is C7H12O. The first kappa shape index (κ1) is 7.44. The van der Waals surface area contributed by atoms with Crippen molar-refractivity contribution in [3.8, 4) is 0 Å². The average Bonchev–Trinajstić information content (AvgIpc) is 1.65. The second-order valence-electron chi connectivity index (χ2n) is 1.96. The molecule has 0 amide bonds. The van der Waals surface area contributed by atoms with Gasteiger partial charge in [0.1, 0.15) is 0 Å². The van der Waals surface area contributed by atoms with E-state index >= 15 is 0 Å². The molecule has 0 radical (unpaired) electrons. The van der Waals surface area contributed by atoms with Gasteiger partial charge < -0.3 is 5.11 Å². The molecule has 0 spiro atoms. The molecule has 0 bridgehead atoms. The fourth-order valence-electron chi connectivity index (χ4n) is 0.440. The van der Waals surface area contributed by atoms with Gasteiger partial charge in [0.25, 0.3) is 0 Å². The minimum atomic E-state index is -0.410. The zero-order valence-corrected chi connectivity index (χ0v) is 5.22. The van der Waals surface area contributed by atoms with Crippen LogP contribution in [0.25, 0.3) is 0 Å². The van der Waals surface area contributed by atoms with Gasteiger partial charge >= 0.3 is 0 Å². The Kier molecular flexibility index (Phi) is 3.20. The van der Waals surface area contributed by atoms with Gasteiger partial charge in [-0.15, -0.1) is 13.2 Å². The lowest BCUT2D eigenvalue weighted by molar-refractivity contribution is 0.224. The van der Waals surface area contributed by atoms with Crippen molar-refractivity contribution in [2.75, 3.05) is 0 Å². The van der Waals surface area contributed by atoms with Gasteiger partial charge in [-0.1, -0.05) is 11.6 Å². The van der Waals surface area contributed by atoms with Gasteiger partial charge in [0, 0.05) is 0 Å². The van der Waals surface area contributed by atoms with E-state index in [1.807, 2.05) is 6.92 Å². The molecular weight excluding hydrogens is 100 g/mol. The number of aliphatic hydroxyl groups is 1. The van der Waals surface area contributed by atoms with Crippen LogP contribution in [0.2, 0.25) is 0 Å². The van der Waals surface area contributed by atoms with Crippen molar-refractivity contribution in [1.82, 2.24) is 0 Å². The molecule has 1 N–H and O–H groups in total. The van der Waals surface area contributed by atoms with Crippen LogP contribution >= 0.6 is 0 Å². The van der Waals surface area contributed by atoms with Crippen LogP contribution in [0, 0.1) is 0 Å². The standard InChI is InChI=1S/C7H12O/c1-4-7(8)5-6(2)3/h4,7-8H,1-2,5H2,3H3. The molecule has 46 valence electrons. The highest BCUT2D eigenvalue weighted by Crippen LogP contribution is 2.00. The van der Waals surface area contributed by atoms with E-state index in [4.69, 9.17) is 5.11 Å². The first-order valence-electron chi connectivity index (χ1n) is 2.62. The van der Waals surface area contributed by atoms with E-state index in [2.05, 4.69) is 13.2 Å². The third kappa shape index (κ3) is 3.62. The van der Waals surface area contributed by atoms with E-state index < -0.39 is 6.10 Å². The van der Waals surface area contributed by atoms with Crippen LogP contribution in [0.1, 0.15) is 13.3 Å². The maximum absolute atomic E-state index is 8.85. The summed E-state index contributed by atoms with van der Waals surface area (Å²) in [4.78, 5) is 0. The van der Waals surface area contributed by atoms with Crippen molar-refractivity contribution >= 4 is 0 Å².